The number of carbonyl (C=O) groups excluding carboxylic acids is 2. The topological polar surface area (TPSA) is 83.9 Å². The Balaban J connectivity index is 1.52. The van der Waals surface area contributed by atoms with E-state index in [0.29, 0.717) is 54.2 Å². The molecule has 0 atom stereocenters. The second kappa shape index (κ2) is 10.8. The van der Waals surface area contributed by atoms with Crippen LogP contribution in [0.3, 0.4) is 0 Å². The Bertz CT molecular complexity index is 1290. The summed E-state index contributed by atoms with van der Waals surface area (Å²) in [6.45, 7) is 0.639. The molecule has 0 saturated heterocycles. The van der Waals surface area contributed by atoms with Crippen molar-refractivity contribution in [1.82, 2.24) is 4.90 Å². The number of carboxylic acids is 1. The molecule has 2 aromatic carbocycles. The predicted molar refractivity (Wildman–Crippen MR) is 143 cm³/mol. The van der Waals surface area contributed by atoms with Crippen molar-refractivity contribution in [1.29, 1.82) is 0 Å². The van der Waals surface area contributed by atoms with Gasteiger partial charge in [0.15, 0.2) is 11.6 Å². The lowest BCUT2D eigenvalue weighted by Gasteiger charge is -2.44. The van der Waals surface area contributed by atoms with Gasteiger partial charge in [-0.05, 0) is 77.0 Å². The molecule has 1 heterocycles. The molecule has 192 valence electrons. The number of rotatable bonds is 7. The molecule has 0 unspecified atom stereocenters. The summed E-state index contributed by atoms with van der Waals surface area (Å²) in [5, 5.41) is 10.0. The van der Waals surface area contributed by atoms with E-state index < -0.39 is 11.9 Å². The highest BCUT2D eigenvalue weighted by Crippen LogP contribution is 2.49. The number of ketones is 2. The number of ether oxygens (including phenoxy) is 1. The Kier molecular flexibility index (Phi) is 7.54. The second-order valence-electron chi connectivity index (χ2n) is 9.61. The molecule has 3 aliphatic rings. The molecule has 8 heteroatoms. The zero-order valence-corrected chi connectivity index (χ0v) is 22.6. The summed E-state index contributed by atoms with van der Waals surface area (Å²) in [5.74, 6) is -0.612. The Morgan fingerprint density at radius 2 is 1.59 bits per heavy atom. The van der Waals surface area contributed by atoms with Crippen molar-refractivity contribution in [2.24, 2.45) is 0 Å². The molecule has 0 radical (unpaired) electrons. The molecule has 0 amide bonds. The zero-order valence-electron chi connectivity index (χ0n) is 20.3. The molecule has 0 saturated carbocycles. The standard InChI is InChI=1S/C29H27BrClNO5/c30-20-15-18(9-12-25(20)37-16-17-7-10-19(31)11-8-17)27-28-21(3-1-5-23(28)33)32(14-13-26(35)36)22-4-2-6-24(34)29(22)27/h7-12,15,27H,1-6,13-14,16H2,(H,35,36). The van der Waals surface area contributed by atoms with Crippen molar-refractivity contribution in [2.45, 2.75) is 57.5 Å². The normalized spacial score (nSPS) is 18.2. The van der Waals surface area contributed by atoms with E-state index in [-0.39, 0.29) is 24.5 Å². The van der Waals surface area contributed by atoms with Crippen LogP contribution in [0.1, 0.15) is 62.0 Å². The fourth-order valence-electron chi connectivity index (χ4n) is 5.58. The largest absolute Gasteiger partial charge is 0.488 e. The van der Waals surface area contributed by atoms with E-state index >= 15 is 0 Å². The lowest BCUT2D eigenvalue weighted by Crippen LogP contribution is -2.39. The number of halogens is 2. The minimum atomic E-state index is -0.895. The third-order valence-electron chi connectivity index (χ3n) is 7.23. The number of aliphatic carboxylic acids is 1. The first-order chi connectivity index (χ1) is 17.8. The van der Waals surface area contributed by atoms with Crippen molar-refractivity contribution in [3.05, 3.63) is 85.6 Å². The van der Waals surface area contributed by atoms with Crippen LogP contribution in [-0.2, 0) is 21.0 Å². The van der Waals surface area contributed by atoms with Crippen LogP contribution in [0.2, 0.25) is 5.02 Å². The smallest absolute Gasteiger partial charge is 0.305 e. The van der Waals surface area contributed by atoms with Crippen LogP contribution in [-0.4, -0.2) is 34.1 Å². The lowest BCUT2D eigenvalue weighted by atomic mass is 9.71. The summed E-state index contributed by atoms with van der Waals surface area (Å²) >= 11 is 9.60. The number of carbonyl (C=O) groups is 3. The number of carboxylic acid groups (broad SMARTS) is 1. The highest BCUT2D eigenvalue weighted by molar-refractivity contribution is 9.10. The maximum Gasteiger partial charge on any atom is 0.305 e. The van der Waals surface area contributed by atoms with Gasteiger partial charge in [-0.25, -0.2) is 0 Å². The van der Waals surface area contributed by atoms with E-state index in [1.807, 2.05) is 47.4 Å². The number of allylic oxidation sites excluding steroid dienone is 4. The molecule has 0 fully saturated rings. The molecule has 1 aliphatic heterocycles. The Hall–Kier alpha value is -2.90. The quantitative estimate of drug-likeness (QED) is 0.396. The van der Waals surface area contributed by atoms with Crippen LogP contribution in [0.25, 0.3) is 0 Å². The van der Waals surface area contributed by atoms with Gasteiger partial charge in [0.25, 0.3) is 0 Å². The molecule has 37 heavy (non-hydrogen) atoms. The van der Waals surface area contributed by atoms with Gasteiger partial charge in [-0.2, -0.15) is 0 Å². The molecular formula is C29H27BrClNO5. The second-order valence-corrected chi connectivity index (χ2v) is 10.9. The van der Waals surface area contributed by atoms with E-state index in [4.69, 9.17) is 16.3 Å². The molecule has 0 spiro atoms. The van der Waals surface area contributed by atoms with Gasteiger partial charge in [-0.15, -0.1) is 0 Å². The fourth-order valence-corrected chi connectivity index (χ4v) is 6.22. The first kappa shape index (κ1) is 25.7. The summed E-state index contributed by atoms with van der Waals surface area (Å²) in [6.07, 6.45) is 3.67. The van der Waals surface area contributed by atoms with Crippen LogP contribution >= 0.6 is 27.5 Å². The van der Waals surface area contributed by atoms with Gasteiger partial charge in [-0.3, -0.25) is 14.4 Å². The Labute approximate surface area is 229 Å². The lowest BCUT2D eigenvalue weighted by molar-refractivity contribution is -0.137. The summed E-state index contributed by atoms with van der Waals surface area (Å²) in [6, 6.07) is 13.2. The van der Waals surface area contributed by atoms with Crippen molar-refractivity contribution < 1.29 is 24.2 Å². The molecule has 0 bridgehead atoms. The minimum Gasteiger partial charge on any atom is -0.488 e. The third-order valence-corrected chi connectivity index (χ3v) is 8.10. The molecule has 1 N–H and O–H groups in total. The van der Waals surface area contributed by atoms with Gasteiger partial charge in [0.05, 0.1) is 10.9 Å². The minimum absolute atomic E-state index is 0.0377. The molecule has 2 aromatic rings. The molecule has 2 aliphatic carbocycles. The number of hydrogen-bond donors (Lipinski definition) is 1. The van der Waals surface area contributed by atoms with Gasteiger partial charge >= 0.3 is 5.97 Å². The van der Waals surface area contributed by atoms with E-state index in [1.54, 1.807) is 0 Å². The zero-order chi connectivity index (χ0) is 26.1. The number of hydrogen-bond acceptors (Lipinski definition) is 5. The first-order valence-corrected chi connectivity index (χ1v) is 13.7. The average molecular weight is 585 g/mol. The highest BCUT2D eigenvalue weighted by Gasteiger charge is 2.43. The van der Waals surface area contributed by atoms with Gasteiger partial charge < -0.3 is 14.7 Å². The number of benzene rings is 2. The average Bonchev–Trinajstić information content (AvgIpc) is 2.87. The number of Topliss-reactive ketones (excluding diaryl/α,β-unsaturated/α-hetero) is 2. The van der Waals surface area contributed by atoms with Crippen LogP contribution in [0, 0.1) is 0 Å². The van der Waals surface area contributed by atoms with Crippen LogP contribution in [0.4, 0.5) is 0 Å². The Morgan fingerprint density at radius 1 is 0.973 bits per heavy atom. The fraction of sp³-hybridized carbons (Fsp3) is 0.345. The summed E-state index contributed by atoms with van der Waals surface area (Å²) in [7, 11) is 0. The van der Waals surface area contributed by atoms with Crippen molar-refractivity contribution >= 4 is 45.1 Å². The van der Waals surface area contributed by atoms with E-state index in [0.717, 1.165) is 39.8 Å². The van der Waals surface area contributed by atoms with Gasteiger partial charge in [0.1, 0.15) is 12.4 Å². The van der Waals surface area contributed by atoms with Crippen molar-refractivity contribution in [3.63, 3.8) is 0 Å². The van der Waals surface area contributed by atoms with Crippen LogP contribution in [0.15, 0.2) is 69.5 Å². The molecular weight excluding hydrogens is 558 g/mol. The summed E-state index contributed by atoms with van der Waals surface area (Å²) < 4.78 is 6.76. The number of nitrogens with zero attached hydrogens (tertiary/aromatic N) is 1. The van der Waals surface area contributed by atoms with Crippen LogP contribution in [0.5, 0.6) is 5.75 Å². The first-order valence-electron chi connectivity index (χ1n) is 12.5. The SMILES string of the molecule is O=C(O)CCN1C2=C(C(=O)CCC2)C(c2ccc(OCc3ccc(Cl)cc3)c(Br)c2)C2=C1CCCC2=O. The molecule has 0 aromatic heterocycles. The van der Waals surface area contributed by atoms with E-state index in [2.05, 4.69) is 15.9 Å². The van der Waals surface area contributed by atoms with Gasteiger partial charge in [-0.1, -0.05) is 29.8 Å². The van der Waals surface area contributed by atoms with Gasteiger partial charge in [0, 0.05) is 52.9 Å². The van der Waals surface area contributed by atoms with E-state index in [9.17, 15) is 19.5 Å². The monoisotopic (exact) mass is 583 g/mol. The molecule has 5 rings (SSSR count). The molecule has 6 nitrogen and oxygen atoms in total. The van der Waals surface area contributed by atoms with Crippen molar-refractivity contribution in [2.75, 3.05) is 6.54 Å². The van der Waals surface area contributed by atoms with Crippen LogP contribution < -0.4 is 4.74 Å². The summed E-state index contributed by atoms with van der Waals surface area (Å²) in [5.41, 5.74) is 4.90. The predicted octanol–water partition coefficient (Wildman–Crippen LogP) is 6.57. The van der Waals surface area contributed by atoms with Crippen molar-refractivity contribution in [3.8, 4) is 5.75 Å². The Morgan fingerprint density at radius 3 is 2.16 bits per heavy atom. The highest BCUT2D eigenvalue weighted by atomic mass is 79.9. The maximum absolute atomic E-state index is 13.3. The maximum atomic E-state index is 13.3. The summed E-state index contributed by atoms with van der Waals surface area (Å²) in [4.78, 5) is 40.0. The van der Waals surface area contributed by atoms with E-state index in [1.165, 1.54) is 0 Å². The third kappa shape index (κ3) is 5.25. The van der Waals surface area contributed by atoms with Gasteiger partial charge in [0.2, 0.25) is 0 Å².